The molecule has 1 amide bonds. The molecule has 2 rings (SSSR count). The molecule has 26 heavy (non-hydrogen) atoms. The van der Waals surface area contributed by atoms with E-state index in [1.54, 1.807) is 30.3 Å². The summed E-state index contributed by atoms with van der Waals surface area (Å²) in [5, 5.41) is 7.72. The van der Waals surface area contributed by atoms with Crippen LogP contribution in [-0.4, -0.2) is 33.8 Å². The van der Waals surface area contributed by atoms with E-state index in [4.69, 9.17) is 9.88 Å². The van der Waals surface area contributed by atoms with Gasteiger partial charge in [-0.25, -0.2) is 13.6 Å². The number of nitrogens with two attached hydrogens (primary N) is 1. The predicted molar refractivity (Wildman–Crippen MR) is 99.6 cm³/mol. The third-order valence-corrected chi connectivity index (χ3v) is 4.87. The summed E-state index contributed by atoms with van der Waals surface area (Å²) in [6.07, 6.45) is 1.18. The molecule has 0 fully saturated rings. The predicted octanol–water partition coefficient (Wildman–Crippen LogP) is 1.65. The second kappa shape index (κ2) is 8.93. The lowest BCUT2D eigenvalue weighted by molar-refractivity contribution is -0.123. The number of aldehydes is 1. The van der Waals surface area contributed by atoms with Gasteiger partial charge < -0.3 is 10.1 Å². The number of halogens is 1. The van der Waals surface area contributed by atoms with Crippen LogP contribution >= 0.6 is 15.9 Å². The SMILES string of the molecule is NS(=O)(=O)c1ccc(CCNC(=O)COc2ccc(Br)cc2C=O)cc1. The Morgan fingerprint density at radius 2 is 1.88 bits per heavy atom. The lowest BCUT2D eigenvalue weighted by Gasteiger charge is -2.09. The summed E-state index contributed by atoms with van der Waals surface area (Å²) in [6, 6.07) is 11.0. The maximum Gasteiger partial charge on any atom is 0.257 e. The normalized spacial score (nSPS) is 11.0. The maximum absolute atomic E-state index is 11.8. The second-order valence-corrected chi connectivity index (χ2v) is 7.85. The highest BCUT2D eigenvalue weighted by Crippen LogP contribution is 2.21. The molecule has 7 nitrogen and oxygen atoms in total. The van der Waals surface area contributed by atoms with Gasteiger partial charge in [0.25, 0.3) is 5.91 Å². The van der Waals surface area contributed by atoms with Crippen molar-refractivity contribution in [2.45, 2.75) is 11.3 Å². The van der Waals surface area contributed by atoms with Crippen LogP contribution in [0.5, 0.6) is 5.75 Å². The molecule has 0 bridgehead atoms. The number of rotatable bonds is 8. The number of benzene rings is 2. The molecule has 9 heteroatoms. The van der Waals surface area contributed by atoms with Crippen LogP contribution < -0.4 is 15.2 Å². The number of amides is 1. The Bertz CT molecular complexity index is 898. The summed E-state index contributed by atoms with van der Waals surface area (Å²) in [4.78, 5) is 22.9. The number of ether oxygens (including phenoxy) is 1. The van der Waals surface area contributed by atoms with Crippen molar-refractivity contribution >= 4 is 38.1 Å². The smallest absolute Gasteiger partial charge is 0.257 e. The maximum atomic E-state index is 11.8. The van der Waals surface area contributed by atoms with Crippen molar-refractivity contribution in [1.82, 2.24) is 5.32 Å². The van der Waals surface area contributed by atoms with Gasteiger partial charge in [0.05, 0.1) is 10.5 Å². The summed E-state index contributed by atoms with van der Waals surface area (Å²) in [6.45, 7) is 0.143. The molecule has 3 N–H and O–H groups in total. The highest BCUT2D eigenvalue weighted by atomic mass is 79.9. The highest BCUT2D eigenvalue weighted by molar-refractivity contribution is 9.10. The van der Waals surface area contributed by atoms with E-state index < -0.39 is 10.0 Å². The summed E-state index contributed by atoms with van der Waals surface area (Å²) in [5.74, 6) is 0.00264. The van der Waals surface area contributed by atoms with Gasteiger partial charge in [0, 0.05) is 11.0 Å². The third-order valence-electron chi connectivity index (χ3n) is 3.45. The van der Waals surface area contributed by atoms with Crippen LogP contribution in [0.2, 0.25) is 0 Å². The van der Waals surface area contributed by atoms with Crippen molar-refractivity contribution in [1.29, 1.82) is 0 Å². The first-order valence-corrected chi connectivity index (χ1v) is 9.89. The molecule has 0 saturated heterocycles. The lowest BCUT2D eigenvalue weighted by Crippen LogP contribution is -2.30. The molecule has 0 aromatic heterocycles. The Morgan fingerprint density at radius 3 is 2.50 bits per heavy atom. The summed E-state index contributed by atoms with van der Waals surface area (Å²) < 4.78 is 28.5. The van der Waals surface area contributed by atoms with Gasteiger partial charge in [-0.3, -0.25) is 9.59 Å². The molecule has 0 radical (unpaired) electrons. The van der Waals surface area contributed by atoms with Gasteiger partial charge in [-0.2, -0.15) is 0 Å². The Kier molecular flexibility index (Phi) is 6.90. The standard InChI is InChI=1S/C17H17BrN2O5S/c18-14-3-6-16(13(9-14)10-21)25-11-17(22)20-8-7-12-1-4-15(5-2-12)26(19,23)24/h1-6,9-10H,7-8,11H2,(H,20,22)(H2,19,23,24). The van der Waals surface area contributed by atoms with Gasteiger partial charge in [-0.1, -0.05) is 28.1 Å². The van der Waals surface area contributed by atoms with E-state index >= 15 is 0 Å². The summed E-state index contributed by atoms with van der Waals surface area (Å²) in [5.41, 5.74) is 1.21. The molecule has 0 aliphatic heterocycles. The van der Waals surface area contributed by atoms with Crippen molar-refractivity contribution in [3.8, 4) is 5.75 Å². The number of primary sulfonamides is 1. The van der Waals surface area contributed by atoms with Crippen LogP contribution in [0.4, 0.5) is 0 Å². The summed E-state index contributed by atoms with van der Waals surface area (Å²) in [7, 11) is -3.71. The number of carbonyl (C=O) groups excluding carboxylic acids is 2. The Morgan fingerprint density at radius 1 is 1.19 bits per heavy atom. The fraction of sp³-hybridized carbons (Fsp3) is 0.176. The van der Waals surface area contributed by atoms with Crippen LogP contribution in [0.1, 0.15) is 15.9 Å². The van der Waals surface area contributed by atoms with Crippen molar-refractivity contribution in [3.63, 3.8) is 0 Å². The quantitative estimate of drug-likeness (QED) is 0.605. The van der Waals surface area contributed by atoms with Crippen LogP contribution in [0.25, 0.3) is 0 Å². The molecule has 0 saturated carbocycles. The van der Waals surface area contributed by atoms with Crippen LogP contribution in [0.15, 0.2) is 51.8 Å². The van der Waals surface area contributed by atoms with E-state index in [2.05, 4.69) is 21.2 Å². The van der Waals surface area contributed by atoms with Crippen LogP contribution in [0.3, 0.4) is 0 Å². The van der Waals surface area contributed by atoms with E-state index in [1.165, 1.54) is 12.1 Å². The Balaban J connectivity index is 1.80. The molecule has 0 aliphatic rings. The van der Waals surface area contributed by atoms with Gasteiger partial charge in [0.1, 0.15) is 5.75 Å². The van der Waals surface area contributed by atoms with Gasteiger partial charge in [0.15, 0.2) is 12.9 Å². The molecule has 0 atom stereocenters. The van der Waals surface area contributed by atoms with E-state index in [0.29, 0.717) is 30.6 Å². The number of carbonyl (C=O) groups is 2. The fourth-order valence-electron chi connectivity index (χ4n) is 2.13. The molecule has 0 aliphatic carbocycles. The molecule has 2 aromatic rings. The first-order valence-electron chi connectivity index (χ1n) is 7.55. The topological polar surface area (TPSA) is 116 Å². The lowest BCUT2D eigenvalue weighted by atomic mass is 10.1. The zero-order valence-electron chi connectivity index (χ0n) is 13.6. The first kappa shape index (κ1) is 20.1. The molecule has 2 aromatic carbocycles. The molecular formula is C17H17BrN2O5S. The van der Waals surface area contributed by atoms with E-state index in [-0.39, 0.29) is 17.4 Å². The number of hydrogen-bond acceptors (Lipinski definition) is 5. The third kappa shape index (κ3) is 5.94. The molecule has 0 heterocycles. The minimum Gasteiger partial charge on any atom is -0.483 e. The zero-order chi connectivity index (χ0) is 19.2. The number of sulfonamides is 1. The van der Waals surface area contributed by atoms with E-state index in [1.807, 2.05) is 0 Å². The van der Waals surface area contributed by atoms with Gasteiger partial charge in [0.2, 0.25) is 10.0 Å². The minimum atomic E-state index is -3.71. The summed E-state index contributed by atoms with van der Waals surface area (Å²) >= 11 is 3.25. The Labute approximate surface area is 159 Å². The van der Waals surface area contributed by atoms with Crippen molar-refractivity contribution < 1.29 is 22.7 Å². The highest BCUT2D eigenvalue weighted by Gasteiger charge is 2.08. The van der Waals surface area contributed by atoms with Crippen LogP contribution in [0, 0.1) is 0 Å². The number of hydrogen-bond donors (Lipinski definition) is 2. The zero-order valence-corrected chi connectivity index (χ0v) is 16.0. The number of nitrogens with one attached hydrogen (secondary N) is 1. The second-order valence-electron chi connectivity index (χ2n) is 5.38. The largest absolute Gasteiger partial charge is 0.483 e. The molecule has 0 spiro atoms. The molecular weight excluding hydrogens is 424 g/mol. The van der Waals surface area contributed by atoms with Crippen molar-refractivity contribution in [2.75, 3.05) is 13.2 Å². The van der Waals surface area contributed by atoms with E-state index in [0.717, 1.165) is 10.0 Å². The monoisotopic (exact) mass is 440 g/mol. The first-order chi connectivity index (χ1) is 12.3. The van der Waals surface area contributed by atoms with E-state index in [9.17, 15) is 18.0 Å². The Hall–Kier alpha value is -2.23. The van der Waals surface area contributed by atoms with Crippen molar-refractivity contribution in [2.24, 2.45) is 5.14 Å². The fourth-order valence-corrected chi connectivity index (χ4v) is 3.02. The van der Waals surface area contributed by atoms with Gasteiger partial charge in [-0.05, 0) is 42.3 Å². The van der Waals surface area contributed by atoms with Gasteiger partial charge in [-0.15, -0.1) is 0 Å². The minimum absolute atomic E-state index is 0.0409. The van der Waals surface area contributed by atoms with Crippen LogP contribution in [-0.2, 0) is 21.2 Å². The average molecular weight is 441 g/mol. The average Bonchev–Trinajstić information content (AvgIpc) is 2.60. The van der Waals surface area contributed by atoms with Gasteiger partial charge >= 0.3 is 0 Å². The van der Waals surface area contributed by atoms with Crippen molar-refractivity contribution in [3.05, 3.63) is 58.1 Å². The molecule has 0 unspecified atom stereocenters. The molecule has 138 valence electrons.